The Morgan fingerprint density at radius 1 is 1.39 bits per heavy atom. The maximum atomic E-state index is 12.9. The third kappa shape index (κ3) is 3.08. The molecule has 3 heterocycles. The molecule has 0 fully saturated rings. The lowest BCUT2D eigenvalue weighted by Gasteiger charge is -2.24. The Bertz CT molecular complexity index is 746. The Hall–Kier alpha value is -2.32. The molecule has 1 atom stereocenters. The van der Waals surface area contributed by atoms with Gasteiger partial charge in [-0.2, -0.15) is 18.3 Å². The van der Waals surface area contributed by atoms with Crippen LogP contribution < -0.4 is 5.32 Å². The van der Waals surface area contributed by atoms with Gasteiger partial charge in [-0.25, -0.2) is 4.98 Å². The molecule has 0 saturated heterocycles. The van der Waals surface area contributed by atoms with Crippen LogP contribution in [0.4, 0.5) is 13.2 Å². The first kappa shape index (κ1) is 15.6. The van der Waals surface area contributed by atoms with Crippen LogP contribution in [0, 0.1) is 6.92 Å². The van der Waals surface area contributed by atoms with Gasteiger partial charge < -0.3 is 9.88 Å². The predicted octanol–water partition coefficient (Wildman–Crippen LogP) is 1.69. The van der Waals surface area contributed by atoms with Gasteiger partial charge in [0.15, 0.2) is 5.69 Å². The number of carbonyl (C=O) groups excluding carboxylic acids is 1. The monoisotopic (exact) mass is 327 g/mol. The van der Waals surface area contributed by atoms with Crippen LogP contribution in [0.15, 0.2) is 12.4 Å². The average molecular weight is 327 g/mol. The van der Waals surface area contributed by atoms with Crippen molar-refractivity contribution in [2.24, 2.45) is 7.05 Å². The Morgan fingerprint density at radius 3 is 2.83 bits per heavy atom. The van der Waals surface area contributed by atoms with Crippen molar-refractivity contribution in [3.8, 4) is 0 Å². The maximum absolute atomic E-state index is 12.9. The van der Waals surface area contributed by atoms with Crippen LogP contribution in [0.3, 0.4) is 0 Å². The lowest BCUT2D eigenvalue weighted by atomic mass is 10.1. The molecule has 1 unspecified atom stereocenters. The van der Waals surface area contributed by atoms with Crippen molar-refractivity contribution in [2.75, 3.05) is 0 Å². The Labute approximate surface area is 130 Å². The topological polar surface area (TPSA) is 64.7 Å². The first-order valence-corrected chi connectivity index (χ1v) is 7.18. The molecule has 23 heavy (non-hydrogen) atoms. The van der Waals surface area contributed by atoms with Gasteiger partial charge >= 0.3 is 6.18 Å². The number of hydrogen-bond donors (Lipinski definition) is 1. The Kier molecular flexibility index (Phi) is 3.65. The van der Waals surface area contributed by atoms with Gasteiger partial charge in [0.05, 0.1) is 11.3 Å². The van der Waals surface area contributed by atoms with E-state index in [0.29, 0.717) is 19.4 Å². The summed E-state index contributed by atoms with van der Waals surface area (Å²) in [6, 6.07) is -0.232. The third-order valence-corrected chi connectivity index (χ3v) is 3.79. The number of amides is 1. The lowest BCUT2D eigenvalue weighted by Crippen LogP contribution is -2.41. The molecule has 0 aromatic carbocycles. The van der Waals surface area contributed by atoms with Gasteiger partial charge in [0, 0.05) is 38.4 Å². The van der Waals surface area contributed by atoms with E-state index in [4.69, 9.17) is 0 Å². The number of nitrogens with zero attached hydrogens (tertiary/aromatic N) is 4. The molecule has 2 aromatic heterocycles. The van der Waals surface area contributed by atoms with E-state index in [9.17, 15) is 18.0 Å². The summed E-state index contributed by atoms with van der Waals surface area (Å²) in [4.78, 5) is 16.6. The molecule has 1 aliphatic rings. The standard InChI is InChI=1S/C14H16F3N5O/c1-8-5-22-6-9(3-4-11(22)18-8)19-13(23)10-7-21(2)20-12(10)14(15,16)17/h5,7,9H,3-4,6H2,1-2H3,(H,19,23). The van der Waals surface area contributed by atoms with Crippen LogP contribution in [0.2, 0.25) is 0 Å². The number of carbonyl (C=O) groups is 1. The van der Waals surface area contributed by atoms with Crippen molar-refractivity contribution in [1.82, 2.24) is 24.6 Å². The minimum absolute atomic E-state index is 0.232. The zero-order valence-corrected chi connectivity index (χ0v) is 12.7. The molecule has 3 rings (SSSR count). The number of hydrogen-bond acceptors (Lipinski definition) is 3. The van der Waals surface area contributed by atoms with Crippen LogP contribution in [0.25, 0.3) is 0 Å². The molecule has 1 aliphatic heterocycles. The number of imidazole rings is 1. The molecule has 1 amide bonds. The number of rotatable bonds is 2. The van der Waals surface area contributed by atoms with Gasteiger partial charge in [0.1, 0.15) is 5.82 Å². The van der Waals surface area contributed by atoms with Crippen molar-refractivity contribution in [3.63, 3.8) is 0 Å². The largest absolute Gasteiger partial charge is 0.435 e. The van der Waals surface area contributed by atoms with Crippen molar-refractivity contribution in [2.45, 2.75) is 38.5 Å². The van der Waals surface area contributed by atoms with Crippen LogP contribution in [-0.2, 0) is 26.2 Å². The second kappa shape index (κ2) is 5.39. The van der Waals surface area contributed by atoms with E-state index in [1.54, 1.807) is 0 Å². The van der Waals surface area contributed by atoms with Crippen molar-refractivity contribution in [1.29, 1.82) is 0 Å². The van der Waals surface area contributed by atoms with Crippen LogP contribution in [0.1, 0.15) is 34.0 Å². The summed E-state index contributed by atoms with van der Waals surface area (Å²) in [7, 11) is 1.35. The Balaban J connectivity index is 1.76. The van der Waals surface area contributed by atoms with Crippen LogP contribution in [0.5, 0.6) is 0 Å². The maximum Gasteiger partial charge on any atom is 0.435 e. The van der Waals surface area contributed by atoms with Gasteiger partial charge in [-0.1, -0.05) is 0 Å². The number of aryl methyl sites for hydroxylation is 3. The third-order valence-electron chi connectivity index (χ3n) is 3.79. The number of fused-ring (bicyclic) bond motifs is 1. The highest BCUT2D eigenvalue weighted by atomic mass is 19.4. The molecule has 6 nitrogen and oxygen atoms in total. The van der Waals surface area contributed by atoms with Gasteiger partial charge in [-0.15, -0.1) is 0 Å². The van der Waals surface area contributed by atoms with E-state index in [0.717, 1.165) is 22.4 Å². The van der Waals surface area contributed by atoms with Gasteiger partial charge in [-0.3, -0.25) is 9.48 Å². The fourth-order valence-corrected chi connectivity index (χ4v) is 2.83. The highest BCUT2D eigenvalue weighted by Gasteiger charge is 2.39. The molecule has 0 aliphatic carbocycles. The van der Waals surface area contributed by atoms with E-state index in [-0.39, 0.29) is 6.04 Å². The average Bonchev–Trinajstić information content (AvgIpc) is 2.99. The van der Waals surface area contributed by atoms with Crippen molar-refractivity contribution < 1.29 is 18.0 Å². The molecule has 0 spiro atoms. The fourth-order valence-electron chi connectivity index (χ4n) is 2.83. The fraction of sp³-hybridized carbons (Fsp3) is 0.500. The molecule has 0 bridgehead atoms. The summed E-state index contributed by atoms with van der Waals surface area (Å²) in [6.07, 6.45) is -0.371. The van der Waals surface area contributed by atoms with E-state index in [2.05, 4.69) is 15.4 Å². The summed E-state index contributed by atoms with van der Waals surface area (Å²) >= 11 is 0. The summed E-state index contributed by atoms with van der Waals surface area (Å²) < 4.78 is 41.7. The number of aromatic nitrogens is 4. The minimum Gasteiger partial charge on any atom is -0.347 e. The minimum atomic E-state index is -4.66. The summed E-state index contributed by atoms with van der Waals surface area (Å²) in [6.45, 7) is 2.38. The smallest absolute Gasteiger partial charge is 0.347 e. The second-order valence-electron chi connectivity index (χ2n) is 5.72. The number of alkyl halides is 3. The zero-order valence-electron chi connectivity index (χ0n) is 12.7. The first-order chi connectivity index (χ1) is 10.7. The van der Waals surface area contributed by atoms with Crippen molar-refractivity contribution in [3.05, 3.63) is 35.2 Å². The molecular weight excluding hydrogens is 311 g/mol. The quantitative estimate of drug-likeness (QED) is 0.913. The molecule has 0 saturated carbocycles. The molecular formula is C14H16F3N5O. The SMILES string of the molecule is Cc1cn2c(n1)CCC(NC(=O)c1cn(C)nc1C(F)(F)F)C2. The summed E-state index contributed by atoms with van der Waals surface area (Å²) in [5, 5.41) is 6.02. The van der Waals surface area contributed by atoms with Crippen molar-refractivity contribution >= 4 is 5.91 Å². The van der Waals surface area contributed by atoms with Gasteiger partial charge in [0.25, 0.3) is 5.91 Å². The van der Waals surface area contributed by atoms with E-state index in [1.165, 1.54) is 7.05 Å². The van der Waals surface area contributed by atoms with E-state index < -0.39 is 23.3 Å². The van der Waals surface area contributed by atoms with Gasteiger partial charge in [-0.05, 0) is 13.3 Å². The molecule has 0 radical (unpaired) electrons. The van der Waals surface area contributed by atoms with E-state index in [1.807, 2.05) is 17.7 Å². The predicted molar refractivity (Wildman–Crippen MR) is 74.7 cm³/mol. The summed E-state index contributed by atoms with van der Waals surface area (Å²) in [5.74, 6) is 0.182. The zero-order chi connectivity index (χ0) is 16.8. The van der Waals surface area contributed by atoms with Crippen LogP contribution >= 0.6 is 0 Å². The number of nitrogens with one attached hydrogen (secondary N) is 1. The molecule has 124 valence electrons. The normalized spacial score (nSPS) is 17.9. The van der Waals surface area contributed by atoms with E-state index >= 15 is 0 Å². The molecule has 2 aromatic rings. The van der Waals surface area contributed by atoms with Gasteiger partial charge in [0.2, 0.25) is 0 Å². The highest BCUT2D eigenvalue weighted by Crippen LogP contribution is 2.30. The first-order valence-electron chi connectivity index (χ1n) is 7.18. The molecule has 1 N–H and O–H groups in total. The second-order valence-corrected chi connectivity index (χ2v) is 5.72. The number of halogens is 3. The highest BCUT2D eigenvalue weighted by molar-refractivity contribution is 5.95. The summed E-state index contributed by atoms with van der Waals surface area (Å²) in [5.41, 5.74) is -0.723. The van der Waals surface area contributed by atoms with Crippen LogP contribution in [-0.4, -0.2) is 31.3 Å². The lowest BCUT2D eigenvalue weighted by molar-refractivity contribution is -0.141. The Morgan fingerprint density at radius 2 is 2.13 bits per heavy atom. The molecule has 9 heteroatoms.